The van der Waals surface area contributed by atoms with Crippen LogP contribution in [0.2, 0.25) is 0 Å². The maximum absolute atomic E-state index is 9.02. The molecule has 4 nitrogen and oxygen atoms in total. The van der Waals surface area contributed by atoms with Crippen molar-refractivity contribution in [3.63, 3.8) is 0 Å². The van der Waals surface area contributed by atoms with Gasteiger partial charge in [0.15, 0.2) is 0 Å². The molecule has 0 unspecified atom stereocenters. The Bertz CT molecular complexity index is 350. The quantitative estimate of drug-likeness (QED) is 0.466. The van der Waals surface area contributed by atoms with E-state index in [1.165, 1.54) is 6.42 Å². The van der Waals surface area contributed by atoms with Crippen LogP contribution in [0.5, 0.6) is 0 Å². The predicted octanol–water partition coefficient (Wildman–Crippen LogP) is 1.57. The fourth-order valence-electron chi connectivity index (χ4n) is 5.14. The van der Waals surface area contributed by atoms with Gasteiger partial charge >= 0.3 is 0 Å². The highest BCUT2D eigenvalue weighted by atomic mass is 16.4. The summed E-state index contributed by atoms with van der Waals surface area (Å²) in [4.78, 5) is 0. The third kappa shape index (κ3) is 0.703. The summed E-state index contributed by atoms with van der Waals surface area (Å²) < 4.78 is 0. The van der Waals surface area contributed by atoms with Crippen molar-refractivity contribution in [2.24, 2.45) is 45.8 Å². The Balaban J connectivity index is 1.87. The highest BCUT2D eigenvalue weighted by molar-refractivity contribution is 6.00. The smallest absolute Gasteiger partial charge is 0.0614 e. The number of hydrogen-bond acceptors (Lipinski definition) is 4. The minimum Gasteiger partial charge on any atom is -0.411 e. The Morgan fingerprint density at radius 1 is 0.800 bits per heavy atom. The lowest BCUT2D eigenvalue weighted by molar-refractivity contribution is 0.240. The molecule has 6 atom stereocenters. The molecule has 0 amide bonds. The van der Waals surface area contributed by atoms with Crippen molar-refractivity contribution in [2.45, 2.75) is 19.3 Å². The first kappa shape index (κ1) is 8.13. The van der Waals surface area contributed by atoms with Crippen molar-refractivity contribution in [2.75, 3.05) is 0 Å². The molecule has 80 valence electrons. The largest absolute Gasteiger partial charge is 0.411 e. The van der Waals surface area contributed by atoms with Crippen LogP contribution in [0.3, 0.4) is 0 Å². The molecule has 0 spiro atoms. The Kier molecular flexibility index (Phi) is 1.28. The molecule has 0 aliphatic heterocycles. The Morgan fingerprint density at radius 3 is 1.67 bits per heavy atom. The topological polar surface area (TPSA) is 65.2 Å². The van der Waals surface area contributed by atoms with E-state index in [9.17, 15) is 0 Å². The van der Waals surface area contributed by atoms with Gasteiger partial charge in [-0.2, -0.15) is 0 Å². The summed E-state index contributed by atoms with van der Waals surface area (Å²) in [5.74, 6) is 3.65. The zero-order valence-electron chi connectivity index (χ0n) is 8.37. The van der Waals surface area contributed by atoms with Crippen molar-refractivity contribution in [3.05, 3.63) is 0 Å². The van der Waals surface area contributed by atoms with E-state index in [0.717, 1.165) is 36.1 Å². The van der Waals surface area contributed by atoms with Gasteiger partial charge in [-0.3, -0.25) is 0 Å². The average molecular weight is 206 g/mol. The average Bonchev–Trinajstić information content (AvgIpc) is 2.83. The zero-order chi connectivity index (χ0) is 10.2. The maximum atomic E-state index is 9.02. The van der Waals surface area contributed by atoms with Gasteiger partial charge in [0.05, 0.1) is 11.4 Å². The summed E-state index contributed by atoms with van der Waals surface area (Å²) in [5, 5.41) is 25.0. The number of oxime groups is 2. The van der Waals surface area contributed by atoms with Gasteiger partial charge in [-0.25, -0.2) is 0 Å². The summed E-state index contributed by atoms with van der Waals surface area (Å²) in [6, 6.07) is 0. The van der Waals surface area contributed by atoms with Gasteiger partial charge in [0, 0.05) is 11.8 Å². The van der Waals surface area contributed by atoms with E-state index >= 15 is 0 Å². The lowest BCUT2D eigenvalue weighted by Gasteiger charge is -2.24. The molecule has 2 N–H and O–H groups in total. The molecule has 4 saturated carbocycles. The molecule has 0 saturated heterocycles. The molecular weight excluding hydrogens is 192 g/mol. The van der Waals surface area contributed by atoms with Crippen LogP contribution >= 0.6 is 0 Å². The van der Waals surface area contributed by atoms with Crippen molar-refractivity contribution in [1.82, 2.24) is 0 Å². The monoisotopic (exact) mass is 206 g/mol. The third-order valence-electron chi connectivity index (χ3n) is 5.42. The van der Waals surface area contributed by atoms with Gasteiger partial charge in [-0.05, 0) is 42.9 Å². The lowest BCUT2D eigenvalue weighted by Crippen LogP contribution is -2.26. The molecular formula is C11H14N2O2. The summed E-state index contributed by atoms with van der Waals surface area (Å²) in [6.07, 6.45) is 3.24. The molecule has 4 aliphatic rings. The molecule has 15 heavy (non-hydrogen) atoms. The van der Waals surface area contributed by atoms with Crippen LogP contribution in [-0.4, -0.2) is 21.8 Å². The molecule has 4 heteroatoms. The van der Waals surface area contributed by atoms with E-state index in [2.05, 4.69) is 10.3 Å². The van der Waals surface area contributed by atoms with Crippen LogP contribution in [0, 0.1) is 35.5 Å². The van der Waals surface area contributed by atoms with E-state index in [0.29, 0.717) is 23.7 Å². The van der Waals surface area contributed by atoms with Crippen molar-refractivity contribution < 1.29 is 10.4 Å². The zero-order valence-corrected chi connectivity index (χ0v) is 8.37. The first-order chi connectivity index (χ1) is 7.35. The molecule has 4 rings (SSSR count). The van der Waals surface area contributed by atoms with Gasteiger partial charge in [-0.1, -0.05) is 10.3 Å². The van der Waals surface area contributed by atoms with E-state index in [1.807, 2.05) is 0 Å². The molecule has 0 aromatic carbocycles. The molecule has 0 radical (unpaired) electrons. The first-order valence-corrected chi connectivity index (χ1v) is 5.76. The van der Waals surface area contributed by atoms with E-state index in [1.54, 1.807) is 0 Å². The number of rotatable bonds is 0. The molecule has 4 aliphatic carbocycles. The van der Waals surface area contributed by atoms with E-state index in [-0.39, 0.29) is 0 Å². The lowest BCUT2D eigenvalue weighted by atomic mass is 9.79. The molecule has 4 fully saturated rings. The second kappa shape index (κ2) is 2.36. The SMILES string of the molecule is O/N=C1/C[C@@H]2[C@@H]3C/C(=N/O)[C@@H]4[C@H]3C[C@H]2[C@@H]14. The van der Waals surface area contributed by atoms with Crippen LogP contribution in [0.4, 0.5) is 0 Å². The Morgan fingerprint density at radius 2 is 1.27 bits per heavy atom. The van der Waals surface area contributed by atoms with Crippen molar-refractivity contribution >= 4 is 11.4 Å². The van der Waals surface area contributed by atoms with Crippen LogP contribution in [0.25, 0.3) is 0 Å². The van der Waals surface area contributed by atoms with Crippen LogP contribution in [0.1, 0.15) is 19.3 Å². The number of hydrogen-bond donors (Lipinski definition) is 2. The summed E-state index contributed by atoms with van der Waals surface area (Å²) >= 11 is 0. The van der Waals surface area contributed by atoms with E-state index in [4.69, 9.17) is 10.4 Å². The highest BCUT2D eigenvalue weighted by Gasteiger charge is 2.67. The minimum absolute atomic E-state index is 0.398. The van der Waals surface area contributed by atoms with Crippen LogP contribution in [0.15, 0.2) is 10.3 Å². The van der Waals surface area contributed by atoms with Crippen LogP contribution < -0.4 is 0 Å². The number of fused-ring (bicyclic) bond motifs is 2. The molecule has 0 aromatic heterocycles. The van der Waals surface area contributed by atoms with Gasteiger partial charge in [-0.15, -0.1) is 0 Å². The summed E-state index contributed by atoms with van der Waals surface area (Å²) in [6.45, 7) is 0. The highest BCUT2D eigenvalue weighted by Crippen LogP contribution is 2.68. The number of nitrogens with zero attached hydrogens (tertiary/aromatic N) is 2. The second-order valence-electron chi connectivity index (χ2n) is 5.53. The Hall–Kier alpha value is -1.06. The summed E-state index contributed by atoms with van der Waals surface area (Å²) in [5.41, 5.74) is 1.95. The molecule has 0 heterocycles. The second-order valence-corrected chi connectivity index (χ2v) is 5.53. The third-order valence-corrected chi connectivity index (χ3v) is 5.42. The van der Waals surface area contributed by atoms with Crippen molar-refractivity contribution in [3.8, 4) is 0 Å². The van der Waals surface area contributed by atoms with E-state index < -0.39 is 0 Å². The maximum Gasteiger partial charge on any atom is 0.0614 e. The standard InChI is InChI=1S/C11H14N2O2/c14-12-8-2-4-5-3-9(13-15)11-7(5)1-6(4)10(8)11/h4-7,10-11,14-15H,1-3H2/b12-8-,13-9-/t4-,5+,6-,7+,10-,11-/m0/s1. The predicted molar refractivity (Wildman–Crippen MR) is 53.2 cm³/mol. The normalized spacial score (nSPS) is 60.0. The molecule has 0 aromatic rings. The van der Waals surface area contributed by atoms with Gasteiger partial charge in [0.1, 0.15) is 0 Å². The minimum atomic E-state index is 0.398. The molecule has 2 bridgehead atoms. The first-order valence-electron chi connectivity index (χ1n) is 5.76. The Labute approximate surface area is 87.7 Å². The van der Waals surface area contributed by atoms with Crippen molar-refractivity contribution in [1.29, 1.82) is 0 Å². The van der Waals surface area contributed by atoms with Crippen LogP contribution in [-0.2, 0) is 0 Å². The van der Waals surface area contributed by atoms with Gasteiger partial charge in [0.2, 0.25) is 0 Å². The van der Waals surface area contributed by atoms with Gasteiger partial charge in [0.25, 0.3) is 0 Å². The fourth-order valence-corrected chi connectivity index (χ4v) is 5.14. The fraction of sp³-hybridized carbons (Fsp3) is 0.818. The van der Waals surface area contributed by atoms with Gasteiger partial charge < -0.3 is 10.4 Å². The summed E-state index contributed by atoms with van der Waals surface area (Å²) in [7, 11) is 0.